The first-order valence-electron chi connectivity index (χ1n) is 10.0. The topological polar surface area (TPSA) is 89.2 Å². The summed E-state index contributed by atoms with van der Waals surface area (Å²) in [6.45, 7) is 2.84. The van der Waals surface area contributed by atoms with Crippen molar-refractivity contribution in [3.8, 4) is 0 Å². The molecule has 1 aromatic carbocycles. The summed E-state index contributed by atoms with van der Waals surface area (Å²) in [5, 5.41) is 1.54. The Hall–Kier alpha value is -2.34. The highest BCUT2D eigenvalue weighted by atomic mass is 16.7. The predicted molar refractivity (Wildman–Crippen MR) is 113 cm³/mol. The molecule has 1 aliphatic rings. The molecule has 1 heterocycles. The zero-order chi connectivity index (χ0) is 19.3. The van der Waals surface area contributed by atoms with Crippen LogP contribution in [0.1, 0.15) is 63.9 Å². The second-order valence-corrected chi connectivity index (χ2v) is 6.77. The van der Waals surface area contributed by atoms with Gasteiger partial charge in [0, 0.05) is 0 Å². The van der Waals surface area contributed by atoms with E-state index in [1.807, 2.05) is 42.5 Å². The van der Waals surface area contributed by atoms with Gasteiger partial charge in [-0.15, -0.1) is 0 Å². The lowest BCUT2D eigenvalue weighted by Gasteiger charge is -2.29. The Kier molecular flexibility index (Phi) is 9.41. The highest BCUT2D eigenvalue weighted by Crippen LogP contribution is 2.13. The fraction of sp³-hybridized carbons (Fsp3) is 0.524. The Labute approximate surface area is 163 Å². The quantitative estimate of drug-likeness (QED) is 0.543. The summed E-state index contributed by atoms with van der Waals surface area (Å²) < 4.78 is 0. The summed E-state index contributed by atoms with van der Waals surface area (Å²) >= 11 is 0. The van der Waals surface area contributed by atoms with Crippen molar-refractivity contribution in [1.29, 1.82) is 0 Å². The molecule has 0 spiro atoms. The number of unbranched alkanes of at least 4 members (excludes halogenated alkanes) is 7. The third kappa shape index (κ3) is 7.83. The molecule has 0 bridgehead atoms. The lowest BCUT2D eigenvalue weighted by Crippen LogP contribution is -2.47. The predicted octanol–water partition coefficient (Wildman–Crippen LogP) is 4.04. The lowest BCUT2D eigenvalue weighted by atomic mass is 10.1. The van der Waals surface area contributed by atoms with E-state index in [9.17, 15) is 0 Å². The van der Waals surface area contributed by atoms with E-state index >= 15 is 0 Å². The number of hydrogen-bond acceptors (Lipinski definition) is 6. The molecule has 0 saturated heterocycles. The third-order valence-electron chi connectivity index (χ3n) is 4.45. The highest BCUT2D eigenvalue weighted by Gasteiger charge is 2.23. The van der Waals surface area contributed by atoms with Crippen LogP contribution in [0, 0.1) is 0 Å². The second kappa shape index (κ2) is 12.1. The van der Waals surface area contributed by atoms with Crippen LogP contribution in [0.15, 0.2) is 46.4 Å². The van der Waals surface area contributed by atoms with Gasteiger partial charge in [0.25, 0.3) is 0 Å². The molecule has 0 radical (unpaired) electrons. The highest BCUT2D eigenvalue weighted by molar-refractivity contribution is 5.95. The molecule has 1 atom stereocenters. The van der Waals surface area contributed by atoms with Crippen molar-refractivity contribution in [2.75, 3.05) is 6.61 Å². The molecule has 4 N–H and O–H groups in total. The first-order chi connectivity index (χ1) is 13.2. The summed E-state index contributed by atoms with van der Waals surface area (Å²) in [4.78, 5) is 14.2. The normalized spacial score (nSPS) is 17.2. The van der Waals surface area contributed by atoms with Crippen LogP contribution in [-0.4, -0.2) is 29.8 Å². The molecule has 0 aliphatic carbocycles. The number of nitrogens with two attached hydrogens (primary N) is 2. The molecule has 2 rings (SSSR count). The maximum atomic E-state index is 5.99. The number of benzene rings is 1. The SMILES string of the molecule is CCCCCCCCCCON1C(N)=NC(N)=NC1/C=C/c1ccccc1. The Morgan fingerprint density at radius 1 is 1.00 bits per heavy atom. The van der Waals surface area contributed by atoms with Gasteiger partial charge in [0.05, 0.1) is 6.61 Å². The van der Waals surface area contributed by atoms with Gasteiger partial charge in [0.2, 0.25) is 11.9 Å². The minimum atomic E-state index is -0.406. The summed E-state index contributed by atoms with van der Waals surface area (Å²) in [7, 11) is 0. The van der Waals surface area contributed by atoms with Gasteiger partial charge in [-0.05, 0) is 18.1 Å². The first-order valence-corrected chi connectivity index (χ1v) is 10.0. The fourth-order valence-corrected chi connectivity index (χ4v) is 2.94. The number of nitrogens with zero attached hydrogens (tertiary/aromatic N) is 3. The minimum Gasteiger partial charge on any atom is -0.368 e. The van der Waals surface area contributed by atoms with Gasteiger partial charge in [-0.2, -0.15) is 10.1 Å². The molecule has 1 aromatic rings. The van der Waals surface area contributed by atoms with Gasteiger partial charge in [0.1, 0.15) is 0 Å². The number of guanidine groups is 2. The van der Waals surface area contributed by atoms with E-state index in [1.165, 1.54) is 43.6 Å². The minimum absolute atomic E-state index is 0.169. The smallest absolute Gasteiger partial charge is 0.226 e. The van der Waals surface area contributed by atoms with Crippen molar-refractivity contribution in [3.63, 3.8) is 0 Å². The van der Waals surface area contributed by atoms with E-state index in [0.29, 0.717) is 6.61 Å². The fourth-order valence-electron chi connectivity index (χ4n) is 2.94. The van der Waals surface area contributed by atoms with Crippen LogP contribution in [-0.2, 0) is 4.84 Å². The molecule has 1 unspecified atom stereocenters. The summed E-state index contributed by atoms with van der Waals surface area (Å²) in [6, 6.07) is 10.0. The van der Waals surface area contributed by atoms with Crippen molar-refractivity contribution in [2.24, 2.45) is 21.5 Å². The van der Waals surface area contributed by atoms with E-state index < -0.39 is 6.17 Å². The van der Waals surface area contributed by atoms with Crippen LogP contribution in [0.2, 0.25) is 0 Å². The molecular weight excluding hydrogens is 338 g/mol. The van der Waals surface area contributed by atoms with Crippen molar-refractivity contribution in [2.45, 2.75) is 64.5 Å². The number of rotatable bonds is 12. The Morgan fingerprint density at radius 3 is 2.37 bits per heavy atom. The molecule has 0 saturated carbocycles. The van der Waals surface area contributed by atoms with Crippen LogP contribution < -0.4 is 11.5 Å². The molecule has 0 fully saturated rings. The van der Waals surface area contributed by atoms with Crippen LogP contribution in [0.5, 0.6) is 0 Å². The van der Waals surface area contributed by atoms with Crippen LogP contribution in [0.3, 0.4) is 0 Å². The average molecular weight is 372 g/mol. The van der Waals surface area contributed by atoms with E-state index in [2.05, 4.69) is 16.9 Å². The van der Waals surface area contributed by atoms with Crippen LogP contribution in [0.25, 0.3) is 6.08 Å². The van der Waals surface area contributed by atoms with E-state index in [4.69, 9.17) is 16.3 Å². The van der Waals surface area contributed by atoms with E-state index in [0.717, 1.165) is 18.4 Å². The molecule has 0 amide bonds. The third-order valence-corrected chi connectivity index (χ3v) is 4.45. The Morgan fingerprint density at radius 2 is 1.67 bits per heavy atom. The Bertz CT molecular complexity index is 627. The van der Waals surface area contributed by atoms with Crippen molar-refractivity contribution in [1.82, 2.24) is 5.06 Å². The molecule has 27 heavy (non-hydrogen) atoms. The molecule has 6 nitrogen and oxygen atoms in total. The number of hydroxylamine groups is 2. The maximum Gasteiger partial charge on any atom is 0.226 e. The molecule has 0 aromatic heterocycles. The van der Waals surface area contributed by atoms with Gasteiger partial charge in [0.15, 0.2) is 6.17 Å². The van der Waals surface area contributed by atoms with Gasteiger partial charge in [-0.1, -0.05) is 88.3 Å². The lowest BCUT2D eigenvalue weighted by molar-refractivity contribution is -0.118. The van der Waals surface area contributed by atoms with Crippen molar-refractivity contribution in [3.05, 3.63) is 42.0 Å². The maximum absolute atomic E-state index is 5.99. The van der Waals surface area contributed by atoms with Gasteiger partial charge in [-0.3, -0.25) is 4.84 Å². The van der Waals surface area contributed by atoms with Crippen LogP contribution >= 0.6 is 0 Å². The first kappa shape index (κ1) is 21.0. The average Bonchev–Trinajstić information content (AvgIpc) is 2.67. The van der Waals surface area contributed by atoms with Crippen LogP contribution in [0.4, 0.5) is 0 Å². The molecule has 1 aliphatic heterocycles. The standard InChI is InChI=1S/C21H33N5O/c1-2-3-4-5-6-7-8-12-17-27-26-19(24-20(22)25-21(26)23)16-15-18-13-10-9-11-14-18/h9-11,13-16,19H,2-8,12,17H2,1H3,(H4,22,23,24,25)/b16-15+. The summed E-state index contributed by atoms with van der Waals surface area (Å²) in [6.07, 6.45) is 13.5. The summed E-state index contributed by atoms with van der Waals surface area (Å²) in [5.74, 6) is 0.409. The van der Waals surface area contributed by atoms with Gasteiger partial charge >= 0.3 is 0 Å². The van der Waals surface area contributed by atoms with Gasteiger partial charge in [-0.25, -0.2) is 4.99 Å². The zero-order valence-electron chi connectivity index (χ0n) is 16.4. The monoisotopic (exact) mass is 371 g/mol. The van der Waals surface area contributed by atoms with E-state index in [1.54, 1.807) is 0 Å². The zero-order valence-corrected chi connectivity index (χ0v) is 16.4. The van der Waals surface area contributed by atoms with Crippen molar-refractivity contribution < 1.29 is 4.84 Å². The molecule has 6 heteroatoms. The second-order valence-electron chi connectivity index (χ2n) is 6.77. The largest absolute Gasteiger partial charge is 0.368 e. The Balaban J connectivity index is 1.77. The van der Waals surface area contributed by atoms with Gasteiger partial charge < -0.3 is 11.5 Å². The number of aliphatic imine (C=N–C) groups is 2. The van der Waals surface area contributed by atoms with E-state index in [-0.39, 0.29) is 11.9 Å². The van der Waals surface area contributed by atoms with Crippen molar-refractivity contribution >= 4 is 18.0 Å². The molecule has 148 valence electrons. The number of hydrogen-bond donors (Lipinski definition) is 2. The molecular formula is C21H33N5O. The summed E-state index contributed by atoms with van der Waals surface area (Å²) in [5.41, 5.74) is 12.8.